The van der Waals surface area contributed by atoms with Gasteiger partial charge < -0.3 is 15.0 Å². The van der Waals surface area contributed by atoms with Gasteiger partial charge in [0, 0.05) is 30.3 Å². The number of sulfonamides is 1. The van der Waals surface area contributed by atoms with Crippen molar-refractivity contribution in [2.24, 2.45) is 0 Å². The molecule has 1 fully saturated rings. The van der Waals surface area contributed by atoms with Gasteiger partial charge in [-0.05, 0) is 43.2 Å². The predicted molar refractivity (Wildman–Crippen MR) is 124 cm³/mol. The molecule has 1 N–H and O–H groups in total. The second-order valence-corrected chi connectivity index (χ2v) is 10.7. The van der Waals surface area contributed by atoms with Gasteiger partial charge in [-0.2, -0.15) is 4.31 Å². The Morgan fingerprint density at radius 1 is 1.10 bits per heavy atom. The Morgan fingerprint density at radius 2 is 1.87 bits per heavy atom. The van der Waals surface area contributed by atoms with Gasteiger partial charge in [0.05, 0.1) is 29.9 Å². The lowest BCUT2D eigenvalue weighted by Crippen LogP contribution is -2.37. The van der Waals surface area contributed by atoms with Crippen LogP contribution in [0.3, 0.4) is 0 Å². The predicted octanol–water partition coefficient (Wildman–Crippen LogP) is 3.42. The van der Waals surface area contributed by atoms with Crippen molar-refractivity contribution in [1.29, 1.82) is 0 Å². The van der Waals surface area contributed by atoms with Gasteiger partial charge >= 0.3 is 0 Å². The lowest BCUT2D eigenvalue weighted by molar-refractivity contribution is -0.115. The number of carbonyl (C=O) groups excluding carboxylic acids is 1. The first-order valence-corrected chi connectivity index (χ1v) is 12.9. The van der Waals surface area contributed by atoms with Crippen molar-refractivity contribution < 1.29 is 17.9 Å². The first-order valence-electron chi connectivity index (χ1n) is 10.4. The summed E-state index contributed by atoms with van der Waals surface area (Å²) in [5.74, 6) is 1.13. The van der Waals surface area contributed by atoms with Crippen molar-refractivity contribution in [3.63, 3.8) is 0 Å². The number of methoxy groups -OCH3 is 1. The van der Waals surface area contributed by atoms with Crippen molar-refractivity contribution >= 4 is 39.1 Å². The Balaban J connectivity index is 1.52. The summed E-state index contributed by atoms with van der Waals surface area (Å²) < 4.78 is 33.0. The second-order valence-electron chi connectivity index (χ2n) is 7.61. The molecule has 2 aromatic carbocycles. The van der Waals surface area contributed by atoms with Crippen LogP contribution in [0.2, 0.25) is 0 Å². The number of thioether (sulfide) groups is 1. The molecular weight excluding hydrogens is 434 g/mol. The van der Waals surface area contributed by atoms with Gasteiger partial charge in [0.25, 0.3) is 0 Å². The van der Waals surface area contributed by atoms with Crippen molar-refractivity contribution in [3.8, 4) is 5.75 Å². The maximum absolute atomic E-state index is 13.0. The third kappa shape index (κ3) is 4.83. The molecule has 7 nitrogen and oxygen atoms in total. The number of hydrogen-bond donors (Lipinski definition) is 1. The molecule has 0 aromatic heterocycles. The highest BCUT2D eigenvalue weighted by Crippen LogP contribution is 2.34. The highest BCUT2D eigenvalue weighted by Gasteiger charge is 2.27. The van der Waals surface area contributed by atoms with Crippen LogP contribution in [0.5, 0.6) is 5.75 Å². The molecule has 0 spiro atoms. The zero-order valence-electron chi connectivity index (χ0n) is 17.5. The Labute approximate surface area is 187 Å². The van der Waals surface area contributed by atoms with E-state index in [0.29, 0.717) is 24.5 Å². The highest BCUT2D eigenvalue weighted by molar-refractivity contribution is 7.99. The van der Waals surface area contributed by atoms with E-state index in [4.69, 9.17) is 4.74 Å². The number of rotatable bonds is 6. The van der Waals surface area contributed by atoms with Crippen LogP contribution in [0.15, 0.2) is 52.3 Å². The van der Waals surface area contributed by atoms with Gasteiger partial charge in [0.15, 0.2) is 0 Å². The summed E-state index contributed by atoms with van der Waals surface area (Å²) in [5, 5.41) is 2.86. The average Bonchev–Trinajstić information content (AvgIpc) is 2.80. The molecule has 2 aromatic rings. The van der Waals surface area contributed by atoms with Crippen LogP contribution in [0.4, 0.5) is 11.4 Å². The third-order valence-corrected chi connectivity index (χ3v) is 8.49. The molecule has 0 atom stereocenters. The molecule has 1 saturated heterocycles. The van der Waals surface area contributed by atoms with Gasteiger partial charge in [-0.1, -0.05) is 18.6 Å². The zero-order valence-corrected chi connectivity index (χ0v) is 19.2. The maximum atomic E-state index is 13.0. The number of piperidine rings is 1. The first-order chi connectivity index (χ1) is 15.0. The monoisotopic (exact) mass is 461 g/mol. The lowest BCUT2D eigenvalue weighted by atomic mass is 10.2. The third-order valence-electron chi connectivity index (χ3n) is 5.56. The summed E-state index contributed by atoms with van der Waals surface area (Å²) in [6.07, 6.45) is 2.79. The Kier molecular flexibility index (Phi) is 6.74. The van der Waals surface area contributed by atoms with Crippen molar-refractivity contribution in [2.75, 3.05) is 49.3 Å². The SMILES string of the molecule is COc1ccc(S(=O)(=O)N2CCCCC2)cc1NC(=O)CN1CCSc2ccccc21. The lowest BCUT2D eigenvalue weighted by Gasteiger charge is -2.30. The van der Waals surface area contributed by atoms with Crippen molar-refractivity contribution in [1.82, 2.24) is 4.31 Å². The van der Waals surface area contributed by atoms with Gasteiger partial charge in [0.1, 0.15) is 5.75 Å². The number of amides is 1. The summed E-state index contributed by atoms with van der Waals surface area (Å²) >= 11 is 1.78. The van der Waals surface area contributed by atoms with E-state index in [1.165, 1.54) is 23.5 Å². The average molecular weight is 462 g/mol. The Bertz CT molecular complexity index is 1050. The number of fused-ring (bicyclic) bond motifs is 1. The molecule has 2 aliphatic rings. The van der Waals surface area contributed by atoms with Crippen molar-refractivity contribution in [2.45, 2.75) is 29.1 Å². The fourth-order valence-corrected chi connectivity index (χ4v) is 6.55. The molecule has 4 rings (SSSR count). The molecule has 31 heavy (non-hydrogen) atoms. The molecule has 9 heteroatoms. The van der Waals surface area contributed by atoms with Crippen molar-refractivity contribution in [3.05, 3.63) is 42.5 Å². The molecule has 1 amide bonds. The second kappa shape index (κ2) is 9.50. The van der Waals surface area contributed by atoms with Gasteiger partial charge in [-0.3, -0.25) is 4.79 Å². The molecular formula is C22H27N3O4S2. The van der Waals surface area contributed by atoms with E-state index >= 15 is 0 Å². The molecule has 2 heterocycles. The maximum Gasteiger partial charge on any atom is 0.243 e. The highest BCUT2D eigenvalue weighted by atomic mass is 32.2. The van der Waals surface area contributed by atoms with E-state index in [1.54, 1.807) is 17.8 Å². The topological polar surface area (TPSA) is 79.0 Å². The number of hydrogen-bond acceptors (Lipinski definition) is 6. The number of nitrogens with zero attached hydrogens (tertiary/aromatic N) is 2. The quantitative estimate of drug-likeness (QED) is 0.710. The van der Waals surface area contributed by atoms with E-state index in [9.17, 15) is 13.2 Å². The summed E-state index contributed by atoms with van der Waals surface area (Å²) in [7, 11) is -2.10. The summed E-state index contributed by atoms with van der Waals surface area (Å²) in [6, 6.07) is 12.7. The number of nitrogens with one attached hydrogen (secondary N) is 1. The van der Waals surface area contributed by atoms with Gasteiger partial charge in [-0.25, -0.2) is 8.42 Å². The largest absolute Gasteiger partial charge is 0.495 e. The number of para-hydroxylation sites is 1. The smallest absolute Gasteiger partial charge is 0.243 e. The molecule has 2 aliphatic heterocycles. The molecule has 0 aliphatic carbocycles. The van der Waals surface area contributed by atoms with Gasteiger partial charge in [0.2, 0.25) is 15.9 Å². The first kappa shape index (κ1) is 22.0. The summed E-state index contributed by atoms with van der Waals surface area (Å²) in [4.78, 5) is 16.2. The van der Waals surface area contributed by atoms with Crippen LogP contribution in [0.25, 0.3) is 0 Å². The van der Waals surface area contributed by atoms with E-state index in [1.807, 2.05) is 23.1 Å². The molecule has 0 radical (unpaired) electrons. The fraction of sp³-hybridized carbons (Fsp3) is 0.409. The van der Waals surface area contributed by atoms with E-state index in [0.717, 1.165) is 42.1 Å². The normalized spacial score (nSPS) is 17.1. The van der Waals surface area contributed by atoms with Crippen LogP contribution in [0.1, 0.15) is 19.3 Å². The molecule has 166 valence electrons. The summed E-state index contributed by atoms with van der Waals surface area (Å²) in [5.41, 5.74) is 1.41. The minimum atomic E-state index is -3.60. The van der Waals surface area contributed by atoms with E-state index in [-0.39, 0.29) is 17.3 Å². The number of carbonyl (C=O) groups is 1. The van der Waals surface area contributed by atoms with Crippen LogP contribution in [0, 0.1) is 0 Å². The fourth-order valence-electron chi connectivity index (χ4n) is 3.95. The number of ether oxygens (including phenoxy) is 1. The number of anilines is 2. The Morgan fingerprint density at radius 3 is 2.65 bits per heavy atom. The zero-order chi connectivity index (χ0) is 21.8. The van der Waals surface area contributed by atoms with Crippen LogP contribution in [-0.2, 0) is 14.8 Å². The van der Waals surface area contributed by atoms with Gasteiger partial charge in [-0.15, -0.1) is 11.8 Å². The van der Waals surface area contributed by atoms with E-state index in [2.05, 4.69) is 11.4 Å². The molecule has 0 saturated carbocycles. The molecule has 0 unspecified atom stereocenters. The minimum absolute atomic E-state index is 0.171. The standard InChI is InChI=1S/C22H27N3O4S2/c1-29-20-10-9-17(31(27,28)25-11-5-2-6-12-25)15-18(20)23-22(26)16-24-13-14-30-21-8-4-3-7-19(21)24/h3-4,7-10,15H,2,5-6,11-14,16H2,1H3,(H,23,26). The minimum Gasteiger partial charge on any atom is -0.495 e. The summed E-state index contributed by atoms with van der Waals surface area (Å²) in [6.45, 7) is 2.02. The van der Waals surface area contributed by atoms with Crippen LogP contribution >= 0.6 is 11.8 Å². The molecule has 0 bridgehead atoms. The Hall–Kier alpha value is -2.23. The van der Waals surface area contributed by atoms with E-state index < -0.39 is 10.0 Å². The number of benzene rings is 2. The van der Waals surface area contributed by atoms with Crippen LogP contribution < -0.4 is 15.0 Å². The van der Waals surface area contributed by atoms with Crippen LogP contribution in [-0.4, -0.2) is 57.7 Å².